The van der Waals surface area contributed by atoms with Crippen LogP contribution in [0, 0.1) is 0 Å². The monoisotopic (exact) mass is 382 g/mol. The van der Waals surface area contributed by atoms with Gasteiger partial charge in [-0.2, -0.15) is 0 Å². The van der Waals surface area contributed by atoms with Crippen LogP contribution in [0.1, 0.15) is 122 Å². The van der Waals surface area contributed by atoms with Crippen molar-refractivity contribution >= 4 is 5.78 Å². The molecule has 0 aromatic carbocycles. The number of Topliss-reactive ketones (excluding diaryl/α,β-unsaturated/α-hetero) is 1. The standard InChI is InChI=1S/C24H46O3/c1-2-3-4-5-6-7-8-9-10-11-12-13-14-15-16-17-18-19-20-21-23(26)24(27)22-25/h12-13,24-25,27H,2-11,14-22H2,1H3/b13-12-. The van der Waals surface area contributed by atoms with E-state index in [4.69, 9.17) is 5.11 Å². The smallest absolute Gasteiger partial charge is 0.163 e. The fourth-order valence-corrected chi connectivity index (χ4v) is 3.35. The summed E-state index contributed by atoms with van der Waals surface area (Å²) in [6, 6.07) is 0. The first-order chi connectivity index (χ1) is 13.2. The quantitative estimate of drug-likeness (QED) is 0.176. The molecule has 3 heteroatoms. The van der Waals surface area contributed by atoms with Crippen LogP contribution >= 0.6 is 0 Å². The molecular formula is C24H46O3. The van der Waals surface area contributed by atoms with Gasteiger partial charge in [-0.15, -0.1) is 0 Å². The molecule has 0 spiro atoms. The zero-order valence-corrected chi connectivity index (χ0v) is 18.0. The Hall–Kier alpha value is -0.670. The lowest BCUT2D eigenvalue weighted by Crippen LogP contribution is -2.23. The second-order valence-corrected chi connectivity index (χ2v) is 7.91. The predicted molar refractivity (Wildman–Crippen MR) is 116 cm³/mol. The maximum Gasteiger partial charge on any atom is 0.163 e. The molecule has 2 N–H and O–H groups in total. The number of carbonyl (C=O) groups excluding carboxylic acids is 1. The van der Waals surface area contributed by atoms with Gasteiger partial charge in [-0.25, -0.2) is 0 Å². The Bertz CT molecular complexity index is 339. The molecule has 0 radical (unpaired) electrons. The average molecular weight is 383 g/mol. The SMILES string of the molecule is CCCCCCCCCCC/C=C\CCCCCCCCC(=O)C(O)CO. The molecule has 0 aromatic heterocycles. The molecule has 0 heterocycles. The fourth-order valence-electron chi connectivity index (χ4n) is 3.35. The van der Waals surface area contributed by atoms with Crippen molar-refractivity contribution in [3.8, 4) is 0 Å². The van der Waals surface area contributed by atoms with Crippen molar-refractivity contribution in [2.45, 2.75) is 129 Å². The van der Waals surface area contributed by atoms with E-state index < -0.39 is 12.7 Å². The predicted octanol–water partition coefficient (Wildman–Crippen LogP) is 6.51. The number of aliphatic hydroxyl groups is 2. The van der Waals surface area contributed by atoms with Gasteiger partial charge in [0.1, 0.15) is 6.10 Å². The molecular weight excluding hydrogens is 336 g/mol. The summed E-state index contributed by atoms with van der Waals surface area (Å²) >= 11 is 0. The van der Waals surface area contributed by atoms with Gasteiger partial charge in [-0.05, 0) is 32.1 Å². The summed E-state index contributed by atoms with van der Waals surface area (Å²) < 4.78 is 0. The number of rotatable bonds is 21. The summed E-state index contributed by atoms with van der Waals surface area (Å²) in [5.41, 5.74) is 0. The molecule has 0 amide bonds. The molecule has 0 saturated carbocycles. The van der Waals surface area contributed by atoms with E-state index in [1.165, 1.54) is 89.9 Å². The molecule has 0 rings (SSSR count). The fraction of sp³-hybridized carbons (Fsp3) is 0.875. The summed E-state index contributed by atoms with van der Waals surface area (Å²) in [6.07, 6.45) is 25.7. The Morgan fingerprint density at radius 3 is 1.56 bits per heavy atom. The zero-order valence-electron chi connectivity index (χ0n) is 18.0. The van der Waals surface area contributed by atoms with Crippen molar-refractivity contribution in [2.75, 3.05) is 6.61 Å². The van der Waals surface area contributed by atoms with Crippen LogP contribution in [0.2, 0.25) is 0 Å². The number of ketones is 1. The molecule has 27 heavy (non-hydrogen) atoms. The molecule has 1 unspecified atom stereocenters. The summed E-state index contributed by atoms with van der Waals surface area (Å²) in [5.74, 6) is -0.227. The number of hydrogen-bond donors (Lipinski definition) is 2. The van der Waals surface area contributed by atoms with E-state index >= 15 is 0 Å². The highest BCUT2D eigenvalue weighted by Gasteiger charge is 2.12. The van der Waals surface area contributed by atoms with E-state index in [9.17, 15) is 9.90 Å². The average Bonchev–Trinajstić information content (AvgIpc) is 2.68. The minimum Gasteiger partial charge on any atom is -0.393 e. The second kappa shape index (κ2) is 21.6. The summed E-state index contributed by atoms with van der Waals surface area (Å²) in [5, 5.41) is 17.9. The topological polar surface area (TPSA) is 57.5 Å². The Labute approximate surface area is 168 Å². The van der Waals surface area contributed by atoms with Gasteiger partial charge in [0, 0.05) is 6.42 Å². The highest BCUT2D eigenvalue weighted by atomic mass is 16.3. The zero-order chi connectivity index (χ0) is 20.0. The van der Waals surface area contributed by atoms with E-state index in [1.54, 1.807) is 0 Å². The minimum atomic E-state index is -1.17. The molecule has 0 fully saturated rings. The Balaban J connectivity index is 3.18. The lowest BCUT2D eigenvalue weighted by molar-refractivity contribution is -0.129. The molecule has 0 aromatic rings. The van der Waals surface area contributed by atoms with E-state index in [0.717, 1.165) is 19.3 Å². The highest BCUT2D eigenvalue weighted by molar-refractivity contribution is 5.82. The van der Waals surface area contributed by atoms with Crippen LogP contribution < -0.4 is 0 Å². The molecule has 3 nitrogen and oxygen atoms in total. The Kier molecular flexibility index (Phi) is 21.1. The van der Waals surface area contributed by atoms with Crippen LogP contribution in [0.5, 0.6) is 0 Å². The third-order valence-corrected chi connectivity index (χ3v) is 5.23. The Morgan fingerprint density at radius 1 is 0.704 bits per heavy atom. The Morgan fingerprint density at radius 2 is 1.11 bits per heavy atom. The maximum absolute atomic E-state index is 11.3. The lowest BCUT2D eigenvalue weighted by atomic mass is 10.0. The van der Waals surface area contributed by atoms with E-state index in [-0.39, 0.29) is 5.78 Å². The normalized spacial score (nSPS) is 12.7. The maximum atomic E-state index is 11.3. The van der Waals surface area contributed by atoms with Gasteiger partial charge in [-0.3, -0.25) is 4.79 Å². The molecule has 0 aliphatic heterocycles. The summed E-state index contributed by atoms with van der Waals surface area (Å²) in [4.78, 5) is 11.3. The molecule has 160 valence electrons. The van der Waals surface area contributed by atoms with Crippen molar-refractivity contribution < 1.29 is 15.0 Å². The van der Waals surface area contributed by atoms with Crippen LogP contribution in [0.25, 0.3) is 0 Å². The van der Waals surface area contributed by atoms with Crippen molar-refractivity contribution in [1.82, 2.24) is 0 Å². The van der Waals surface area contributed by atoms with E-state index in [1.807, 2.05) is 0 Å². The number of allylic oxidation sites excluding steroid dienone is 2. The first-order valence-electron chi connectivity index (χ1n) is 11.7. The number of unbranched alkanes of at least 4 members (excludes halogenated alkanes) is 15. The van der Waals surface area contributed by atoms with Gasteiger partial charge in [-0.1, -0.05) is 96.1 Å². The van der Waals surface area contributed by atoms with Crippen molar-refractivity contribution in [3.05, 3.63) is 12.2 Å². The largest absolute Gasteiger partial charge is 0.393 e. The van der Waals surface area contributed by atoms with Crippen molar-refractivity contribution in [3.63, 3.8) is 0 Å². The van der Waals surface area contributed by atoms with Crippen LogP contribution in [0.4, 0.5) is 0 Å². The molecule has 0 aliphatic rings. The van der Waals surface area contributed by atoms with Crippen LogP contribution in [-0.2, 0) is 4.79 Å². The summed E-state index contributed by atoms with van der Waals surface area (Å²) in [6.45, 7) is 1.82. The van der Waals surface area contributed by atoms with Crippen LogP contribution in [0.15, 0.2) is 12.2 Å². The second-order valence-electron chi connectivity index (χ2n) is 7.91. The molecule has 1 atom stereocenters. The van der Waals surface area contributed by atoms with Gasteiger partial charge >= 0.3 is 0 Å². The number of aliphatic hydroxyl groups excluding tert-OH is 2. The number of hydrogen-bond acceptors (Lipinski definition) is 3. The van der Waals surface area contributed by atoms with E-state index in [0.29, 0.717) is 6.42 Å². The van der Waals surface area contributed by atoms with Crippen LogP contribution in [0.3, 0.4) is 0 Å². The van der Waals surface area contributed by atoms with Gasteiger partial charge in [0.05, 0.1) is 6.61 Å². The number of carbonyl (C=O) groups is 1. The molecule has 0 saturated heterocycles. The first-order valence-corrected chi connectivity index (χ1v) is 11.7. The van der Waals surface area contributed by atoms with Gasteiger partial charge in [0.15, 0.2) is 5.78 Å². The lowest BCUT2D eigenvalue weighted by Gasteiger charge is -2.05. The minimum absolute atomic E-state index is 0.227. The van der Waals surface area contributed by atoms with Gasteiger partial charge in [0.25, 0.3) is 0 Å². The van der Waals surface area contributed by atoms with Gasteiger partial charge < -0.3 is 10.2 Å². The van der Waals surface area contributed by atoms with E-state index in [2.05, 4.69) is 19.1 Å². The third-order valence-electron chi connectivity index (χ3n) is 5.23. The third kappa shape index (κ3) is 19.9. The van der Waals surface area contributed by atoms with Crippen molar-refractivity contribution in [1.29, 1.82) is 0 Å². The van der Waals surface area contributed by atoms with Crippen molar-refractivity contribution in [2.24, 2.45) is 0 Å². The van der Waals surface area contributed by atoms with Gasteiger partial charge in [0.2, 0.25) is 0 Å². The first kappa shape index (κ1) is 26.3. The van der Waals surface area contributed by atoms with Crippen LogP contribution in [-0.4, -0.2) is 28.7 Å². The highest BCUT2D eigenvalue weighted by Crippen LogP contribution is 2.12. The molecule has 0 aliphatic carbocycles. The summed E-state index contributed by atoms with van der Waals surface area (Å²) in [7, 11) is 0. The molecule has 0 bridgehead atoms.